The molecule has 0 amide bonds. The van der Waals surface area contributed by atoms with Crippen molar-refractivity contribution in [2.75, 3.05) is 0 Å². The Labute approximate surface area is 92.4 Å². The first kappa shape index (κ1) is 10.4. The fourth-order valence-electron chi connectivity index (χ4n) is 1.48. The molecular weight excluding hydrogens is 210 g/mol. The first-order valence-electron chi connectivity index (χ1n) is 4.79. The molecule has 4 heteroatoms. The molecule has 0 saturated heterocycles. The summed E-state index contributed by atoms with van der Waals surface area (Å²) in [7, 11) is 0. The van der Waals surface area contributed by atoms with E-state index >= 15 is 0 Å². The lowest BCUT2D eigenvalue weighted by atomic mass is 10.3. The van der Waals surface area contributed by atoms with Crippen LogP contribution in [-0.4, -0.2) is 10.1 Å². The highest BCUT2D eigenvalue weighted by Crippen LogP contribution is 2.33. The second-order valence-corrected chi connectivity index (χ2v) is 4.61. The minimum Gasteiger partial charge on any atom is -0.462 e. The van der Waals surface area contributed by atoms with E-state index in [2.05, 4.69) is 4.98 Å². The van der Waals surface area contributed by atoms with E-state index in [4.69, 9.17) is 4.42 Å². The number of aryl methyl sites for hydroxylation is 2. The highest BCUT2D eigenvalue weighted by Gasteiger charge is 2.16. The largest absolute Gasteiger partial charge is 0.462 e. The number of nitrogens with zero attached hydrogens (tertiary/aromatic N) is 1. The number of hydrogen-bond acceptors (Lipinski definition) is 4. The van der Waals surface area contributed by atoms with Crippen LogP contribution < -0.4 is 0 Å². The number of aliphatic hydroxyl groups is 1. The van der Waals surface area contributed by atoms with Crippen molar-refractivity contribution in [2.24, 2.45) is 0 Å². The van der Waals surface area contributed by atoms with E-state index < -0.39 is 6.10 Å². The fraction of sp³-hybridized carbons (Fsp3) is 0.364. The number of hydrogen-bond donors (Lipinski definition) is 1. The summed E-state index contributed by atoms with van der Waals surface area (Å²) in [6.07, 6.45) is 1.19. The lowest BCUT2D eigenvalue weighted by molar-refractivity contribution is 0.202. The van der Waals surface area contributed by atoms with Gasteiger partial charge in [-0.25, -0.2) is 4.98 Å². The maximum absolute atomic E-state index is 9.52. The Morgan fingerprint density at radius 3 is 2.67 bits per heavy atom. The Bertz CT molecular complexity index is 471. The molecule has 0 aliphatic carbocycles. The van der Waals surface area contributed by atoms with Crippen LogP contribution in [0.25, 0.3) is 10.8 Å². The molecule has 2 aromatic rings. The van der Waals surface area contributed by atoms with Crippen LogP contribution in [0.5, 0.6) is 0 Å². The molecule has 1 N–H and O–H groups in total. The topological polar surface area (TPSA) is 46.3 Å². The third-order valence-corrected chi connectivity index (χ3v) is 3.59. The summed E-state index contributed by atoms with van der Waals surface area (Å²) in [5, 5.41) is 10.4. The van der Waals surface area contributed by atoms with Crippen molar-refractivity contribution in [2.45, 2.75) is 26.9 Å². The molecule has 0 saturated carbocycles. The predicted octanol–water partition coefficient (Wildman–Crippen LogP) is 3.07. The van der Waals surface area contributed by atoms with E-state index in [-0.39, 0.29) is 0 Å². The average molecular weight is 223 g/mol. The summed E-state index contributed by atoms with van der Waals surface area (Å²) in [6.45, 7) is 5.64. The van der Waals surface area contributed by atoms with Gasteiger partial charge < -0.3 is 9.52 Å². The maximum atomic E-state index is 9.52. The van der Waals surface area contributed by atoms with Gasteiger partial charge in [0.2, 0.25) is 0 Å². The molecule has 2 heterocycles. The molecule has 2 aromatic heterocycles. The standard InChI is InChI=1S/C11H13NO2S/c1-6-4-5-14-9(6)11-12-7(2)10(15-11)8(3)13/h4-5,8,13H,1-3H3. The van der Waals surface area contributed by atoms with Crippen LogP contribution in [0.4, 0.5) is 0 Å². The molecule has 80 valence electrons. The lowest BCUT2D eigenvalue weighted by Crippen LogP contribution is -1.88. The number of rotatable bonds is 2. The molecule has 1 atom stereocenters. The van der Waals surface area contributed by atoms with Gasteiger partial charge in [-0.2, -0.15) is 0 Å². The SMILES string of the molecule is Cc1ccoc1-c1nc(C)c(C(C)O)s1. The monoisotopic (exact) mass is 223 g/mol. The molecule has 2 rings (SSSR count). The zero-order valence-electron chi connectivity index (χ0n) is 8.94. The molecule has 15 heavy (non-hydrogen) atoms. The zero-order valence-corrected chi connectivity index (χ0v) is 9.76. The summed E-state index contributed by atoms with van der Waals surface area (Å²) in [4.78, 5) is 5.30. The fourth-order valence-corrected chi connectivity index (χ4v) is 2.54. The van der Waals surface area contributed by atoms with Crippen molar-refractivity contribution in [3.05, 3.63) is 28.5 Å². The molecule has 0 aliphatic rings. The van der Waals surface area contributed by atoms with Gasteiger partial charge in [-0.15, -0.1) is 11.3 Å². The van der Waals surface area contributed by atoms with Crippen LogP contribution in [0, 0.1) is 13.8 Å². The molecular formula is C11H13NO2S. The van der Waals surface area contributed by atoms with Gasteiger partial charge in [0.15, 0.2) is 10.8 Å². The normalized spacial score (nSPS) is 13.1. The molecule has 0 spiro atoms. The second kappa shape index (κ2) is 3.79. The van der Waals surface area contributed by atoms with Gasteiger partial charge >= 0.3 is 0 Å². The molecule has 1 unspecified atom stereocenters. The van der Waals surface area contributed by atoms with E-state index in [0.29, 0.717) is 0 Å². The third-order valence-electron chi connectivity index (χ3n) is 2.27. The van der Waals surface area contributed by atoms with E-state index in [1.54, 1.807) is 13.2 Å². The van der Waals surface area contributed by atoms with E-state index in [9.17, 15) is 5.11 Å². The summed E-state index contributed by atoms with van der Waals surface area (Å²) in [6, 6.07) is 1.91. The first-order valence-corrected chi connectivity index (χ1v) is 5.61. The summed E-state index contributed by atoms with van der Waals surface area (Å²) in [5.74, 6) is 0.801. The first-order chi connectivity index (χ1) is 7.09. The van der Waals surface area contributed by atoms with E-state index in [1.165, 1.54) is 11.3 Å². The minimum absolute atomic E-state index is 0.466. The Kier molecular flexibility index (Phi) is 2.63. The van der Waals surface area contributed by atoms with Crippen LogP contribution in [0.2, 0.25) is 0 Å². The Morgan fingerprint density at radius 2 is 2.20 bits per heavy atom. The minimum atomic E-state index is -0.466. The molecule has 0 radical (unpaired) electrons. The molecule has 0 aromatic carbocycles. The van der Waals surface area contributed by atoms with Crippen LogP contribution in [-0.2, 0) is 0 Å². The summed E-state index contributed by atoms with van der Waals surface area (Å²) >= 11 is 1.48. The Hall–Kier alpha value is -1.13. The van der Waals surface area contributed by atoms with Gasteiger partial charge in [-0.3, -0.25) is 0 Å². The quantitative estimate of drug-likeness (QED) is 0.851. The van der Waals surface area contributed by atoms with Crippen molar-refractivity contribution in [3.63, 3.8) is 0 Å². The van der Waals surface area contributed by atoms with Crippen molar-refractivity contribution in [1.82, 2.24) is 4.98 Å². The average Bonchev–Trinajstić information content (AvgIpc) is 2.71. The summed E-state index contributed by atoms with van der Waals surface area (Å²) in [5.41, 5.74) is 1.95. The van der Waals surface area contributed by atoms with Crippen LogP contribution in [0.3, 0.4) is 0 Å². The van der Waals surface area contributed by atoms with Crippen molar-refractivity contribution < 1.29 is 9.52 Å². The van der Waals surface area contributed by atoms with Crippen LogP contribution in [0.15, 0.2) is 16.7 Å². The van der Waals surface area contributed by atoms with Crippen LogP contribution in [0.1, 0.15) is 29.2 Å². The van der Waals surface area contributed by atoms with Crippen molar-refractivity contribution in [1.29, 1.82) is 0 Å². The van der Waals surface area contributed by atoms with Crippen molar-refractivity contribution in [3.8, 4) is 10.8 Å². The third kappa shape index (κ3) is 1.82. The number of thiazole rings is 1. The number of furan rings is 1. The van der Waals surface area contributed by atoms with Gasteiger partial charge in [0.05, 0.1) is 22.9 Å². The van der Waals surface area contributed by atoms with Gasteiger partial charge in [-0.05, 0) is 32.4 Å². The molecule has 3 nitrogen and oxygen atoms in total. The van der Waals surface area contributed by atoms with Crippen LogP contribution >= 0.6 is 11.3 Å². The van der Waals surface area contributed by atoms with E-state index in [0.717, 1.165) is 26.9 Å². The highest BCUT2D eigenvalue weighted by atomic mass is 32.1. The van der Waals surface area contributed by atoms with Gasteiger partial charge in [-0.1, -0.05) is 0 Å². The number of aliphatic hydroxyl groups excluding tert-OH is 1. The highest BCUT2D eigenvalue weighted by molar-refractivity contribution is 7.15. The van der Waals surface area contributed by atoms with Gasteiger partial charge in [0, 0.05) is 0 Å². The van der Waals surface area contributed by atoms with Gasteiger partial charge in [0.1, 0.15) is 0 Å². The maximum Gasteiger partial charge on any atom is 0.165 e. The number of aromatic nitrogens is 1. The van der Waals surface area contributed by atoms with Crippen molar-refractivity contribution >= 4 is 11.3 Å². The second-order valence-electron chi connectivity index (χ2n) is 3.58. The van der Waals surface area contributed by atoms with Gasteiger partial charge in [0.25, 0.3) is 0 Å². The predicted molar refractivity (Wildman–Crippen MR) is 59.9 cm³/mol. The van der Waals surface area contributed by atoms with E-state index in [1.807, 2.05) is 19.9 Å². The summed E-state index contributed by atoms with van der Waals surface area (Å²) < 4.78 is 5.36. The molecule has 0 fully saturated rings. The molecule has 0 bridgehead atoms. The Balaban J connectivity index is 2.47. The zero-order chi connectivity index (χ0) is 11.0. The molecule has 0 aliphatic heterocycles. The lowest BCUT2D eigenvalue weighted by Gasteiger charge is -1.98. The Morgan fingerprint density at radius 1 is 1.47 bits per heavy atom. The smallest absolute Gasteiger partial charge is 0.165 e.